The summed E-state index contributed by atoms with van der Waals surface area (Å²) < 4.78 is 5.51. The van der Waals surface area contributed by atoms with Gasteiger partial charge in [0.15, 0.2) is 0 Å². The fourth-order valence-electron chi connectivity index (χ4n) is 1.48. The highest BCUT2D eigenvalue weighted by Gasteiger charge is 2.25. The molecule has 0 aromatic heterocycles. The van der Waals surface area contributed by atoms with E-state index in [1.54, 1.807) is 6.08 Å². The quantitative estimate of drug-likeness (QED) is 0.450. The fourth-order valence-corrected chi connectivity index (χ4v) is 1.48. The highest BCUT2D eigenvalue weighted by molar-refractivity contribution is 5.20. The van der Waals surface area contributed by atoms with E-state index in [2.05, 4.69) is 32.6 Å². The summed E-state index contributed by atoms with van der Waals surface area (Å²) in [5, 5.41) is 0. The molecule has 2 atom stereocenters. The van der Waals surface area contributed by atoms with E-state index in [1.165, 1.54) is 5.57 Å². The van der Waals surface area contributed by atoms with Crippen molar-refractivity contribution in [1.82, 2.24) is 0 Å². The van der Waals surface area contributed by atoms with Crippen molar-refractivity contribution in [2.24, 2.45) is 5.92 Å². The van der Waals surface area contributed by atoms with E-state index in [1.807, 2.05) is 6.08 Å². The van der Waals surface area contributed by atoms with Crippen LogP contribution in [0.2, 0.25) is 0 Å². The lowest BCUT2D eigenvalue weighted by molar-refractivity contribution is 0.115. The van der Waals surface area contributed by atoms with E-state index in [0.29, 0.717) is 12.0 Å². The van der Waals surface area contributed by atoms with Gasteiger partial charge in [-0.05, 0) is 19.4 Å². The Morgan fingerprint density at radius 2 is 2.33 bits per heavy atom. The van der Waals surface area contributed by atoms with E-state index in [0.717, 1.165) is 6.61 Å². The maximum Gasteiger partial charge on any atom is 0.0687 e. The summed E-state index contributed by atoms with van der Waals surface area (Å²) in [4.78, 5) is 0. The Morgan fingerprint density at radius 3 is 2.92 bits per heavy atom. The summed E-state index contributed by atoms with van der Waals surface area (Å²) in [6.07, 6.45) is 8.40. The first-order valence-electron chi connectivity index (χ1n) is 4.35. The Hall–Kier alpha value is -0.820. The summed E-state index contributed by atoms with van der Waals surface area (Å²) >= 11 is 0. The third-order valence-corrected chi connectivity index (χ3v) is 2.27. The van der Waals surface area contributed by atoms with Crippen molar-refractivity contribution in [3.8, 4) is 0 Å². The second-order valence-corrected chi connectivity index (χ2v) is 3.03. The molecule has 0 amide bonds. The molecule has 0 aliphatic carbocycles. The van der Waals surface area contributed by atoms with Crippen molar-refractivity contribution < 1.29 is 4.74 Å². The van der Waals surface area contributed by atoms with Crippen molar-refractivity contribution in [3.63, 3.8) is 0 Å². The predicted octanol–water partition coefficient (Wildman–Crippen LogP) is 2.71. The lowest BCUT2D eigenvalue weighted by atomic mass is 9.97. The summed E-state index contributed by atoms with van der Waals surface area (Å²) in [6.45, 7) is 8.60. The Balaban J connectivity index is 2.70. The lowest BCUT2D eigenvalue weighted by Crippen LogP contribution is -2.09. The summed E-state index contributed by atoms with van der Waals surface area (Å²) in [6, 6.07) is 0. The van der Waals surface area contributed by atoms with Gasteiger partial charge in [0.1, 0.15) is 0 Å². The van der Waals surface area contributed by atoms with E-state index < -0.39 is 0 Å². The van der Waals surface area contributed by atoms with Gasteiger partial charge in [-0.1, -0.05) is 30.9 Å². The Kier molecular flexibility index (Phi) is 3.30. The van der Waals surface area contributed by atoms with Gasteiger partial charge in [-0.15, -0.1) is 0 Å². The maximum atomic E-state index is 5.51. The molecule has 1 rings (SSSR count). The first-order chi connectivity index (χ1) is 5.79. The zero-order valence-corrected chi connectivity index (χ0v) is 7.79. The van der Waals surface area contributed by atoms with Crippen molar-refractivity contribution in [2.75, 3.05) is 6.61 Å². The third kappa shape index (κ3) is 1.86. The van der Waals surface area contributed by atoms with Crippen LogP contribution in [0.4, 0.5) is 0 Å². The highest BCUT2D eigenvalue weighted by Crippen LogP contribution is 2.27. The minimum atomic E-state index is 0.312. The zero-order valence-electron chi connectivity index (χ0n) is 7.79. The second-order valence-electron chi connectivity index (χ2n) is 3.03. The van der Waals surface area contributed by atoms with Crippen LogP contribution in [0.25, 0.3) is 0 Å². The van der Waals surface area contributed by atoms with Crippen molar-refractivity contribution in [2.45, 2.75) is 20.0 Å². The molecule has 1 nitrogen and oxygen atoms in total. The van der Waals surface area contributed by atoms with Crippen LogP contribution in [0.1, 0.15) is 13.8 Å². The molecule has 0 bridgehead atoms. The van der Waals surface area contributed by atoms with Gasteiger partial charge in [0.2, 0.25) is 0 Å². The molecule has 0 aromatic rings. The van der Waals surface area contributed by atoms with E-state index in [-0.39, 0.29) is 0 Å². The molecule has 1 saturated heterocycles. The van der Waals surface area contributed by atoms with Crippen LogP contribution in [0.5, 0.6) is 0 Å². The molecule has 1 aliphatic rings. The molecular weight excluding hydrogens is 148 g/mol. The molecule has 66 valence electrons. The van der Waals surface area contributed by atoms with Crippen molar-refractivity contribution in [3.05, 3.63) is 36.5 Å². The van der Waals surface area contributed by atoms with Gasteiger partial charge in [0.25, 0.3) is 0 Å². The van der Waals surface area contributed by atoms with Crippen LogP contribution in [-0.2, 0) is 4.74 Å². The van der Waals surface area contributed by atoms with Gasteiger partial charge in [0, 0.05) is 5.92 Å². The Bertz CT molecular complexity index is 213. The standard InChI is InChI=1S/C11H16O/c1-4-6-7-11-9(3)12-8-10(11)5-2/h4-7,9,11H,1,8H2,2-3H3/b7-6+,10-5-. The summed E-state index contributed by atoms with van der Waals surface area (Å²) in [5.41, 5.74) is 1.38. The molecule has 12 heavy (non-hydrogen) atoms. The largest absolute Gasteiger partial charge is 0.373 e. The normalized spacial score (nSPS) is 33.3. The van der Waals surface area contributed by atoms with Crippen LogP contribution in [0.3, 0.4) is 0 Å². The number of hydrogen-bond acceptors (Lipinski definition) is 1. The van der Waals surface area contributed by atoms with Gasteiger partial charge in [-0.2, -0.15) is 0 Å². The fraction of sp³-hybridized carbons (Fsp3) is 0.455. The average Bonchev–Trinajstić information content (AvgIpc) is 2.43. The van der Waals surface area contributed by atoms with Crippen molar-refractivity contribution >= 4 is 0 Å². The van der Waals surface area contributed by atoms with Gasteiger partial charge < -0.3 is 4.74 Å². The van der Waals surface area contributed by atoms with E-state index in [9.17, 15) is 0 Å². The third-order valence-electron chi connectivity index (χ3n) is 2.27. The zero-order chi connectivity index (χ0) is 8.97. The molecule has 1 heterocycles. The topological polar surface area (TPSA) is 9.23 Å². The maximum absolute atomic E-state index is 5.51. The molecule has 1 aliphatic heterocycles. The number of allylic oxidation sites excluding steroid dienone is 3. The molecule has 2 unspecified atom stereocenters. The monoisotopic (exact) mass is 164 g/mol. The predicted molar refractivity (Wildman–Crippen MR) is 52.0 cm³/mol. The van der Waals surface area contributed by atoms with Crippen LogP contribution in [-0.4, -0.2) is 12.7 Å². The molecular formula is C11H16O. The van der Waals surface area contributed by atoms with E-state index >= 15 is 0 Å². The Morgan fingerprint density at radius 1 is 1.58 bits per heavy atom. The first-order valence-corrected chi connectivity index (χ1v) is 4.35. The molecule has 1 fully saturated rings. The molecule has 0 saturated carbocycles. The molecule has 0 N–H and O–H groups in total. The van der Waals surface area contributed by atoms with Crippen molar-refractivity contribution in [1.29, 1.82) is 0 Å². The van der Waals surface area contributed by atoms with Crippen LogP contribution < -0.4 is 0 Å². The number of ether oxygens (including phenoxy) is 1. The smallest absolute Gasteiger partial charge is 0.0687 e. The first kappa shape index (κ1) is 9.27. The highest BCUT2D eigenvalue weighted by atomic mass is 16.5. The molecule has 0 spiro atoms. The average molecular weight is 164 g/mol. The van der Waals surface area contributed by atoms with Crippen LogP contribution >= 0.6 is 0 Å². The number of hydrogen-bond donors (Lipinski definition) is 0. The van der Waals surface area contributed by atoms with Gasteiger partial charge in [-0.25, -0.2) is 0 Å². The van der Waals surface area contributed by atoms with Crippen LogP contribution in [0, 0.1) is 5.92 Å². The molecule has 0 aromatic carbocycles. The molecule has 0 radical (unpaired) electrons. The van der Waals surface area contributed by atoms with Gasteiger partial charge >= 0.3 is 0 Å². The second kappa shape index (κ2) is 4.27. The van der Waals surface area contributed by atoms with Gasteiger partial charge in [0.05, 0.1) is 12.7 Å². The minimum Gasteiger partial charge on any atom is -0.373 e. The SMILES string of the molecule is C=C/C=C/C1/C(=C\C)COC1C. The summed E-state index contributed by atoms with van der Waals surface area (Å²) in [5.74, 6) is 0.452. The van der Waals surface area contributed by atoms with E-state index in [4.69, 9.17) is 4.74 Å². The van der Waals surface area contributed by atoms with Gasteiger partial charge in [-0.3, -0.25) is 0 Å². The lowest BCUT2D eigenvalue weighted by Gasteiger charge is -2.08. The summed E-state index contributed by atoms with van der Waals surface area (Å²) in [7, 11) is 0. The number of rotatable bonds is 2. The minimum absolute atomic E-state index is 0.312. The Labute approximate surface area is 74.4 Å². The van der Waals surface area contributed by atoms with Crippen LogP contribution in [0.15, 0.2) is 36.5 Å². The molecule has 1 heteroatoms.